The summed E-state index contributed by atoms with van der Waals surface area (Å²) in [7, 11) is 0. The molecule has 0 bridgehead atoms. The average Bonchev–Trinajstić information content (AvgIpc) is 1.82. The molecule has 1 aromatic rings. The molecule has 1 aromatic heterocycles. The number of halogens is 2. The largest absolute Gasteiger partial charge is 0.240 e. The summed E-state index contributed by atoms with van der Waals surface area (Å²) in [5, 5.41) is 0.332. The van der Waals surface area contributed by atoms with Gasteiger partial charge in [-0.15, -0.1) is 0 Å². The first kappa shape index (κ1) is 8.02. The minimum Gasteiger partial charge on any atom is -0.240 e. The predicted octanol–water partition coefficient (Wildman–Crippen LogP) is 2.62. The minimum atomic E-state index is 0.249. The highest BCUT2D eigenvalue weighted by Gasteiger charge is 2.00. The number of aromatic nitrogens is 1. The summed E-state index contributed by atoms with van der Waals surface area (Å²) in [5.74, 6) is 0. The maximum atomic E-state index is 5.55. The van der Waals surface area contributed by atoms with Crippen molar-refractivity contribution < 1.29 is 0 Å². The SMILES string of the molecule is [CH]c1nc(Cl)cc(Br)c1[CH]. The molecule has 4 radical (unpaired) electrons. The molecule has 0 saturated carbocycles. The van der Waals surface area contributed by atoms with Crippen molar-refractivity contribution in [2.24, 2.45) is 0 Å². The van der Waals surface area contributed by atoms with Crippen molar-refractivity contribution in [2.45, 2.75) is 0 Å². The van der Waals surface area contributed by atoms with Crippen molar-refractivity contribution in [1.82, 2.24) is 4.98 Å². The Morgan fingerprint density at radius 1 is 1.50 bits per heavy atom. The summed E-state index contributed by atoms with van der Waals surface area (Å²) in [6, 6.07) is 1.59. The Kier molecular flexibility index (Phi) is 2.32. The number of pyridine rings is 1. The van der Waals surface area contributed by atoms with Gasteiger partial charge in [-0.1, -0.05) is 27.5 Å². The molecule has 0 spiro atoms. The molecule has 0 unspecified atom stereocenters. The Morgan fingerprint density at radius 2 is 2.10 bits per heavy atom. The minimum absolute atomic E-state index is 0.249. The molecule has 10 heavy (non-hydrogen) atoms. The van der Waals surface area contributed by atoms with Gasteiger partial charge in [0.1, 0.15) is 5.15 Å². The molecule has 0 aliphatic rings. The first-order chi connectivity index (χ1) is 4.61. The molecule has 1 rings (SSSR count). The lowest BCUT2D eigenvalue weighted by Gasteiger charge is -2.00. The van der Waals surface area contributed by atoms with Crippen LogP contribution in [0, 0.1) is 13.8 Å². The summed E-state index contributed by atoms with van der Waals surface area (Å²) in [6.07, 6.45) is 0. The third-order valence-electron chi connectivity index (χ3n) is 1.01. The van der Waals surface area contributed by atoms with Crippen LogP contribution in [0.3, 0.4) is 0 Å². The van der Waals surface area contributed by atoms with E-state index < -0.39 is 0 Å². The number of nitrogens with zero attached hydrogens (tertiary/aromatic N) is 1. The van der Waals surface area contributed by atoms with E-state index in [2.05, 4.69) is 20.9 Å². The summed E-state index contributed by atoms with van der Waals surface area (Å²) in [5.41, 5.74) is 0.670. The van der Waals surface area contributed by atoms with E-state index >= 15 is 0 Å². The Labute approximate surface area is 73.6 Å². The first-order valence-corrected chi connectivity index (χ1v) is 3.65. The Balaban J connectivity index is 3.31. The zero-order valence-electron chi connectivity index (χ0n) is 4.94. The normalized spacial score (nSPS) is 10.0. The van der Waals surface area contributed by atoms with Crippen LogP contribution in [-0.4, -0.2) is 4.98 Å². The lowest BCUT2D eigenvalue weighted by molar-refractivity contribution is 1.23. The summed E-state index contributed by atoms with van der Waals surface area (Å²) >= 11 is 8.71. The molecule has 0 aliphatic carbocycles. The van der Waals surface area contributed by atoms with Gasteiger partial charge >= 0.3 is 0 Å². The second kappa shape index (κ2) is 2.89. The van der Waals surface area contributed by atoms with Crippen LogP contribution in [0.15, 0.2) is 10.5 Å². The van der Waals surface area contributed by atoms with Crippen molar-refractivity contribution in [2.75, 3.05) is 0 Å². The number of hydrogen-bond acceptors (Lipinski definition) is 1. The third-order valence-corrected chi connectivity index (χ3v) is 1.86. The smallest absolute Gasteiger partial charge is 0.130 e. The van der Waals surface area contributed by atoms with Crippen molar-refractivity contribution in [3.63, 3.8) is 0 Å². The Hall–Kier alpha value is -0.0800. The van der Waals surface area contributed by atoms with Gasteiger partial charge in [-0.05, 0) is 11.6 Å². The maximum absolute atomic E-state index is 5.55. The zero-order chi connectivity index (χ0) is 7.72. The average molecular weight is 216 g/mol. The van der Waals surface area contributed by atoms with E-state index in [1.54, 1.807) is 6.07 Å². The highest BCUT2D eigenvalue weighted by atomic mass is 79.9. The molecule has 1 heterocycles. The van der Waals surface area contributed by atoms with Gasteiger partial charge in [0.05, 0.1) is 5.69 Å². The first-order valence-electron chi connectivity index (χ1n) is 2.48. The van der Waals surface area contributed by atoms with Crippen LogP contribution in [0.2, 0.25) is 5.15 Å². The van der Waals surface area contributed by atoms with Crippen molar-refractivity contribution >= 4 is 27.5 Å². The Bertz CT molecular complexity index is 237. The molecule has 0 fully saturated rings. The molecule has 0 saturated heterocycles. The molecule has 50 valence electrons. The van der Waals surface area contributed by atoms with Gasteiger partial charge < -0.3 is 0 Å². The number of rotatable bonds is 0. The molecule has 3 heteroatoms. The van der Waals surface area contributed by atoms with Crippen molar-refractivity contribution in [3.05, 3.63) is 40.8 Å². The van der Waals surface area contributed by atoms with Crippen molar-refractivity contribution in [3.8, 4) is 0 Å². The maximum Gasteiger partial charge on any atom is 0.130 e. The van der Waals surface area contributed by atoms with E-state index in [0.717, 1.165) is 0 Å². The van der Waals surface area contributed by atoms with E-state index in [0.29, 0.717) is 15.2 Å². The standard InChI is InChI=1S/C7H3BrClN/c1-4-5(2)10-7(9)3-6(4)8/h1-3H. The van der Waals surface area contributed by atoms with E-state index in [-0.39, 0.29) is 5.69 Å². The predicted molar refractivity (Wildman–Crippen MR) is 43.8 cm³/mol. The zero-order valence-corrected chi connectivity index (χ0v) is 7.28. The summed E-state index contributed by atoms with van der Waals surface area (Å²) in [4.78, 5) is 3.72. The molecule has 0 aromatic carbocycles. The van der Waals surface area contributed by atoms with Gasteiger partial charge in [-0.25, -0.2) is 4.98 Å². The van der Waals surface area contributed by atoms with Crippen LogP contribution >= 0.6 is 27.5 Å². The lowest BCUT2D eigenvalue weighted by atomic mass is 10.2. The van der Waals surface area contributed by atoms with Crippen LogP contribution in [0.25, 0.3) is 0 Å². The second-order valence-corrected chi connectivity index (χ2v) is 2.97. The van der Waals surface area contributed by atoms with Crippen LogP contribution in [0.5, 0.6) is 0 Å². The highest BCUT2D eigenvalue weighted by Crippen LogP contribution is 2.20. The molecule has 0 N–H and O–H groups in total. The molecular formula is C7H3BrClN. The van der Waals surface area contributed by atoms with Gasteiger partial charge in [0.2, 0.25) is 0 Å². The van der Waals surface area contributed by atoms with Crippen LogP contribution in [-0.2, 0) is 0 Å². The van der Waals surface area contributed by atoms with E-state index in [4.69, 9.17) is 25.4 Å². The fraction of sp³-hybridized carbons (Fsp3) is 0. The monoisotopic (exact) mass is 215 g/mol. The van der Waals surface area contributed by atoms with Crippen LogP contribution in [0.4, 0.5) is 0 Å². The lowest BCUT2D eigenvalue weighted by Crippen LogP contribution is -1.87. The number of hydrogen-bond donors (Lipinski definition) is 0. The molecule has 0 aliphatic heterocycles. The molecule has 0 amide bonds. The molecule has 0 atom stereocenters. The van der Waals surface area contributed by atoms with Gasteiger partial charge in [0.15, 0.2) is 0 Å². The van der Waals surface area contributed by atoms with Gasteiger partial charge in [0.25, 0.3) is 0 Å². The third kappa shape index (κ3) is 1.50. The topological polar surface area (TPSA) is 12.9 Å². The van der Waals surface area contributed by atoms with E-state index in [9.17, 15) is 0 Å². The van der Waals surface area contributed by atoms with E-state index in [1.807, 2.05) is 0 Å². The fourth-order valence-electron chi connectivity index (χ4n) is 0.512. The summed E-state index contributed by atoms with van der Waals surface area (Å²) in [6.45, 7) is 10.8. The van der Waals surface area contributed by atoms with Crippen LogP contribution < -0.4 is 0 Å². The molecular weight excluding hydrogens is 213 g/mol. The van der Waals surface area contributed by atoms with Gasteiger partial charge in [0, 0.05) is 18.3 Å². The van der Waals surface area contributed by atoms with E-state index in [1.165, 1.54) is 0 Å². The molecule has 1 nitrogen and oxygen atoms in total. The van der Waals surface area contributed by atoms with Gasteiger partial charge in [-0.2, -0.15) is 0 Å². The van der Waals surface area contributed by atoms with Crippen molar-refractivity contribution in [1.29, 1.82) is 0 Å². The fourth-order valence-corrected chi connectivity index (χ4v) is 1.26. The Morgan fingerprint density at radius 3 is 2.60 bits per heavy atom. The summed E-state index contributed by atoms with van der Waals surface area (Å²) < 4.78 is 0.671. The van der Waals surface area contributed by atoms with Crippen LogP contribution in [0.1, 0.15) is 11.3 Å². The second-order valence-electron chi connectivity index (χ2n) is 1.73. The highest BCUT2D eigenvalue weighted by molar-refractivity contribution is 9.10. The quantitative estimate of drug-likeness (QED) is 0.608. The van der Waals surface area contributed by atoms with Gasteiger partial charge in [-0.3, -0.25) is 0 Å².